The van der Waals surface area contributed by atoms with Crippen molar-refractivity contribution in [2.45, 2.75) is 19.8 Å². The number of nitrogens with one attached hydrogen (secondary N) is 1. The number of carbonyl (C=O) groups excluding carboxylic acids is 1. The zero-order chi connectivity index (χ0) is 16.8. The lowest BCUT2D eigenvalue weighted by Crippen LogP contribution is -2.27. The molecule has 0 aromatic heterocycles. The Bertz CT molecular complexity index is 680. The number of phenolic OH excluding ortho intramolecular Hbond substituents is 2. The van der Waals surface area contributed by atoms with Gasteiger partial charge in [0, 0.05) is 6.54 Å². The number of hydrogen-bond acceptors (Lipinski definition) is 4. The molecule has 2 aromatic carbocycles. The quantitative estimate of drug-likeness (QED) is 0.715. The van der Waals surface area contributed by atoms with Crippen molar-refractivity contribution in [1.82, 2.24) is 5.32 Å². The van der Waals surface area contributed by atoms with Crippen molar-refractivity contribution in [3.8, 4) is 17.2 Å². The molecule has 23 heavy (non-hydrogen) atoms. The van der Waals surface area contributed by atoms with Crippen LogP contribution in [0.15, 0.2) is 36.4 Å². The van der Waals surface area contributed by atoms with Crippen molar-refractivity contribution in [2.24, 2.45) is 0 Å². The van der Waals surface area contributed by atoms with Gasteiger partial charge in [0.15, 0.2) is 11.5 Å². The summed E-state index contributed by atoms with van der Waals surface area (Å²) < 4.78 is 5.08. The molecule has 0 unspecified atom stereocenters. The number of amides is 1. The molecule has 0 radical (unpaired) electrons. The van der Waals surface area contributed by atoms with Crippen LogP contribution in [0.25, 0.3) is 0 Å². The van der Waals surface area contributed by atoms with Crippen LogP contribution in [0.5, 0.6) is 17.2 Å². The van der Waals surface area contributed by atoms with E-state index in [1.54, 1.807) is 7.11 Å². The number of rotatable bonds is 6. The van der Waals surface area contributed by atoms with Gasteiger partial charge in [-0.2, -0.15) is 0 Å². The fourth-order valence-corrected chi connectivity index (χ4v) is 2.32. The highest BCUT2D eigenvalue weighted by atomic mass is 16.5. The first-order valence-electron chi connectivity index (χ1n) is 7.40. The monoisotopic (exact) mass is 315 g/mol. The molecule has 3 N–H and O–H groups in total. The second-order valence-electron chi connectivity index (χ2n) is 5.39. The minimum atomic E-state index is -0.143. The average Bonchev–Trinajstić information content (AvgIpc) is 2.53. The molecule has 2 aromatic rings. The number of carbonyl (C=O) groups is 1. The number of ether oxygens (including phenoxy) is 1. The van der Waals surface area contributed by atoms with Crippen LogP contribution in [-0.4, -0.2) is 29.8 Å². The zero-order valence-corrected chi connectivity index (χ0v) is 13.3. The van der Waals surface area contributed by atoms with Crippen LogP contribution in [0.4, 0.5) is 0 Å². The normalized spacial score (nSPS) is 10.3. The lowest BCUT2D eigenvalue weighted by molar-refractivity contribution is -0.120. The summed E-state index contributed by atoms with van der Waals surface area (Å²) in [5.41, 5.74) is 2.69. The van der Waals surface area contributed by atoms with Gasteiger partial charge in [-0.15, -0.1) is 0 Å². The summed E-state index contributed by atoms with van der Waals surface area (Å²) in [7, 11) is 1.60. The first-order chi connectivity index (χ1) is 11.0. The van der Waals surface area contributed by atoms with Gasteiger partial charge in [-0.1, -0.05) is 12.1 Å². The molecule has 0 saturated carbocycles. The summed E-state index contributed by atoms with van der Waals surface area (Å²) in [5, 5.41) is 21.8. The maximum Gasteiger partial charge on any atom is 0.224 e. The SMILES string of the molecule is COc1ccc(CC(=O)NCCc2cc(O)c(O)cc2C)cc1. The second kappa shape index (κ2) is 7.54. The maximum absolute atomic E-state index is 11.9. The minimum absolute atomic E-state index is 0.0594. The molecule has 5 nitrogen and oxygen atoms in total. The van der Waals surface area contributed by atoms with Crippen molar-refractivity contribution in [2.75, 3.05) is 13.7 Å². The van der Waals surface area contributed by atoms with Crippen LogP contribution in [0.3, 0.4) is 0 Å². The lowest BCUT2D eigenvalue weighted by Gasteiger charge is -2.09. The predicted octanol–water partition coefficient (Wildman–Crippen LogP) is 2.32. The number of phenols is 2. The second-order valence-corrected chi connectivity index (χ2v) is 5.39. The van der Waals surface area contributed by atoms with E-state index in [9.17, 15) is 15.0 Å². The van der Waals surface area contributed by atoms with Crippen LogP contribution >= 0.6 is 0 Å². The van der Waals surface area contributed by atoms with E-state index in [4.69, 9.17) is 4.74 Å². The minimum Gasteiger partial charge on any atom is -0.504 e. The Kier molecular flexibility index (Phi) is 5.46. The first-order valence-corrected chi connectivity index (χ1v) is 7.40. The third-order valence-electron chi connectivity index (χ3n) is 3.67. The number of hydrogen-bond donors (Lipinski definition) is 3. The zero-order valence-electron chi connectivity index (χ0n) is 13.3. The Morgan fingerprint density at radius 2 is 1.78 bits per heavy atom. The maximum atomic E-state index is 11.9. The summed E-state index contributed by atoms with van der Waals surface area (Å²) in [6.07, 6.45) is 0.901. The highest BCUT2D eigenvalue weighted by molar-refractivity contribution is 5.78. The summed E-state index contributed by atoms with van der Waals surface area (Å²) in [6, 6.07) is 10.4. The van der Waals surface area contributed by atoms with Gasteiger partial charge < -0.3 is 20.3 Å². The summed E-state index contributed by atoms with van der Waals surface area (Å²) in [4.78, 5) is 11.9. The fourth-order valence-electron chi connectivity index (χ4n) is 2.32. The molecular formula is C18H21NO4. The molecule has 0 aliphatic carbocycles. The van der Waals surface area contributed by atoms with E-state index >= 15 is 0 Å². The molecule has 0 aliphatic rings. The molecule has 5 heteroatoms. The standard InChI is InChI=1S/C18H21NO4/c1-12-9-16(20)17(21)11-14(12)7-8-19-18(22)10-13-3-5-15(23-2)6-4-13/h3-6,9,11,20-21H,7-8,10H2,1-2H3,(H,19,22). The average molecular weight is 315 g/mol. The van der Waals surface area contributed by atoms with E-state index in [2.05, 4.69) is 5.32 Å². The van der Waals surface area contributed by atoms with Gasteiger partial charge in [-0.3, -0.25) is 4.79 Å². The molecule has 0 spiro atoms. The molecule has 0 saturated heterocycles. The van der Waals surface area contributed by atoms with E-state index in [0.29, 0.717) is 19.4 Å². The van der Waals surface area contributed by atoms with E-state index < -0.39 is 0 Å². The summed E-state index contributed by atoms with van der Waals surface area (Å²) in [6.45, 7) is 2.33. The number of aromatic hydroxyl groups is 2. The Morgan fingerprint density at radius 1 is 1.13 bits per heavy atom. The lowest BCUT2D eigenvalue weighted by atomic mass is 10.0. The van der Waals surface area contributed by atoms with E-state index in [0.717, 1.165) is 22.4 Å². The predicted molar refractivity (Wildman–Crippen MR) is 87.9 cm³/mol. The molecule has 2 rings (SSSR count). The largest absolute Gasteiger partial charge is 0.504 e. The summed E-state index contributed by atoms with van der Waals surface area (Å²) >= 11 is 0. The first kappa shape index (κ1) is 16.7. The van der Waals surface area contributed by atoms with Crippen molar-refractivity contribution >= 4 is 5.91 Å². The molecule has 0 atom stereocenters. The van der Waals surface area contributed by atoms with Crippen LogP contribution in [0, 0.1) is 6.92 Å². The van der Waals surface area contributed by atoms with Crippen LogP contribution in [0.2, 0.25) is 0 Å². The number of benzene rings is 2. The number of aryl methyl sites for hydroxylation is 1. The van der Waals surface area contributed by atoms with Crippen LogP contribution in [0.1, 0.15) is 16.7 Å². The Morgan fingerprint density at radius 3 is 2.43 bits per heavy atom. The van der Waals surface area contributed by atoms with Crippen molar-refractivity contribution in [3.63, 3.8) is 0 Å². The smallest absolute Gasteiger partial charge is 0.224 e. The molecule has 0 fully saturated rings. The fraction of sp³-hybridized carbons (Fsp3) is 0.278. The topological polar surface area (TPSA) is 78.8 Å². The van der Waals surface area contributed by atoms with E-state index in [1.807, 2.05) is 31.2 Å². The van der Waals surface area contributed by atoms with Crippen molar-refractivity contribution < 1.29 is 19.7 Å². The highest BCUT2D eigenvalue weighted by Gasteiger charge is 2.07. The summed E-state index contributed by atoms with van der Waals surface area (Å²) in [5.74, 6) is 0.428. The van der Waals surface area contributed by atoms with E-state index in [1.165, 1.54) is 12.1 Å². The van der Waals surface area contributed by atoms with Gasteiger partial charge in [0.25, 0.3) is 0 Å². The molecule has 122 valence electrons. The number of methoxy groups -OCH3 is 1. The van der Waals surface area contributed by atoms with Gasteiger partial charge in [0.1, 0.15) is 5.75 Å². The van der Waals surface area contributed by atoms with Gasteiger partial charge >= 0.3 is 0 Å². The molecular weight excluding hydrogens is 294 g/mol. The Balaban J connectivity index is 1.83. The van der Waals surface area contributed by atoms with Gasteiger partial charge in [0.05, 0.1) is 13.5 Å². The van der Waals surface area contributed by atoms with Crippen LogP contribution < -0.4 is 10.1 Å². The Hall–Kier alpha value is -2.69. The van der Waals surface area contributed by atoms with Crippen molar-refractivity contribution in [3.05, 3.63) is 53.1 Å². The van der Waals surface area contributed by atoms with Crippen molar-refractivity contribution in [1.29, 1.82) is 0 Å². The third kappa shape index (κ3) is 4.64. The highest BCUT2D eigenvalue weighted by Crippen LogP contribution is 2.28. The van der Waals surface area contributed by atoms with E-state index in [-0.39, 0.29) is 17.4 Å². The van der Waals surface area contributed by atoms with Gasteiger partial charge in [0.2, 0.25) is 5.91 Å². The van der Waals surface area contributed by atoms with Gasteiger partial charge in [-0.25, -0.2) is 0 Å². The third-order valence-corrected chi connectivity index (χ3v) is 3.67. The Labute approximate surface area is 135 Å². The van der Waals surface area contributed by atoms with Crippen LogP contribution in [-0.2, 0) is 17.6 Å². The molecule has 0 bridgehead atoms. The molecule has 0 aliphatic heterocycles. The molecule has 1 amide bonds. The van der Waals surface area contributed by atoms with Gasteiger partial charge in [-0.05, 0) is 54.3 Å². The molecule has 0 heterocycles.